The lowest BCUT2D eigenvalue weighted by atomic mass is 10.5. The summed E-state index contributed by atoms with van der Waals surface area (Å²) >= 11 is 0. The Kier molecular flexibility index (Phi) is 6.00. The normalized spacial score (nSPS) is 12.3. The maximum atomic E-state index is 13.5. The van der Waals surface area contributed by atoms with E-state index < -0.39 is 7.44 Å². The highest BCUT2D eigenvalue weighted by atomic mass is 31.2. The minimum atomic E-state index is -2.74. The van der Waals surface area contributed by atoms with Crippen molar-refractivity contribution in [3.8, 4) is 0 Å². The maximum absolute atomic E-state index is 13.5. The second kappa shape index (κ2) is 7.03. The standard InChI is InChI=1S/C13H24N3OP/c1-5-15(6-2)18(17,16(7-3)8-4)13-11-9-10-12-14-13/h9-12H,5-8H2,1-4H3. The minimum Gasteiger partial charge on any atom is -0.282 e. The van der Waals surface area contributed by atoms with Gasteiger partial charge in [-0.05, 0) is 12.1 Å². The fourth-order valence-electron chi connectivity index (χ4n) is 2.21. The Labute approximate surface area is 110 Å². The summed E-state index contributed by atoms with van der Waals surface area (Å²) in [5, 5.41) is 0. The fraction of sp³-hybridized carbons (Fsp3) is 0.615. The SMILES string of the molecule is CCN(CC)P(=O)(c1ccccn1)N(CC)CC. The van der Waals surface area contributed by atoms with Crippen LogP contribution in [0.2, 0.25) is 0 Å². The predicted octanol–water partition coefficient (Wildman–Crippen LogP) is 2.58. The number of pyridine rings is 1. The van der Waals surface area contributed by atoms with Crippen LogP contribution in [0, 0.1) is 0 Å². The molecular formula is C13H24N3OP. The largest absolute Gasteiger partial charge is 0.282 e. The van der Waals surface area contributed by atoms with E-state index in [-0.39, 0.29) is 0 Å². The third kappa shape index (κ3) is 2.82. The van der Waals surface area contributed by atoms with Gasteiger partial charge >= 0.3 is 0 Å². The lowest BCUT2D eigenvalue weighted by Gasteiger charge is -2.36. The lowest BCUT2D eigenvalue weighted by Crippen LogP contribution is -2.38. The zero-order valence-corrected chi connectivity index (χ0v) is 12.7. The summed E-state index contributed by atoms with van der Waals surface area (Å²) in [6.45, 7) is 11.2. The van der Waals surface area contributed by atoms with Gasteiger partial charge in [0.05, 0.1) is 0 Å². The van der Waals surface area contributed by atoms with Crippen LogP contribution in [0.4, 0.5) is 0 Å². The minimum absolute atomic E-state index is 0.692. The molecule has 0 aliphatic rings. The second-order valence-corrected chi connectivity index (χ2v) is 6.69. The van der Waals surface area contributed by atoms with Crippen molar-refractivity contribution >= 4 is 12.9 Å². The number of nitrogens with zero attached hydrogens (tertiary/aromatic N) is 3. The van der Waals surface area contributed by atoms with Crippen LogP contribution in [-0.2, 0) is 4.57 Å². The molecule has 0 spiro atoms. The van der Waals surface area contributed by atoms with Gasteiger partial charge in [0.15, 0.2) is 0 Å². The van der Waals surface area contributed by atoms with Crippen LogP contribution in [-0.4, -0.2) is 40.5 Å². The summed E-state index contributed by atoms with van der Waals surface area (Å²) < 4.78 is 17.6. The summed E-state index contributed by atoms with van der Waals surface area (Å²) in [6, 6.07) is 5.64. The van der Waals surface area contributed by atoms with E-state index in [1.54, 1.807) is 6.20 Å². The molecule has 0 saturated heterocycles. The van der Waals surface area contributed by atoms with Crippen LogP contribution >= 0.6 is 7.44 Å². The van der Waals surface area contributed by atoms with Crippen LogP contribution in [0.15, 0.2) is 24.4 Å². The molecule has 0 radical (unpaired) electrons. The Bertz CT molecular complexity index is 372. The van der Waals surface area contributed by atoms with Crippen molar-refractivity contribution < 1.29 is 4.57 Å². The number of aromatic nitrogens is 1. The van der Waals surface area contributed by atoms with Crippen LogP contribution in [0.3, 0.4) is 0 Å². The first-order chi connectivity index (χ1) is 8.64. The van der Waals surface area contributed by atoms with E-state index in [2.05, 4.69) is 4.98 Å². The molecule has 0 aliphatic heterocycles. The Morgan fingerprint density at radius 1 is 1.00 bits per heavy atom. The fourth-order valence-corrected chi connectivity index (χ4v) is 5.18. The van der Waals surface area contributed by atoms with Gasteiger partial charge in [0.1, 0.15) is 5.44 Å². The molecule has 0 fully saturated rings. The molecule has 18 heavy (non-hydrogen) atoms. The third-order valence-corrected chi connectivity index (χ3v) is 6.70. The van der Waals surface area contributed by atoms with E-state index in [0.717, 1.165) is 26.2 Å². The second-order valence-electron chi connectivity index (χ2n) is 4.01. The number of hydrogen-bond donors (Lipinski definition) is 0. The van der Waals surface area contributed by atoms with Gasteiger partial charge < -0.3 is 0 Å². The summed E-state index contributed by atoms with van der Waals surface area (Å²) in [5.74, 6) is 0. The van der Waals surface area contributed by atoms with Crippen molar-refractivity contribution in [2.24, 2.45) is 0 Å². The first-order valence-electron chi connectivity index (χ1n) is 6.67. The highest BCUT2D eigenvalue weighted by Crippen LogP contribution is 2.50. The molecule has 1 aromatic rings. The first kappa shape index (κ1) is 15.4. The quantitative estimate of drug-likeness (QED) is 0.713. The predicted molar refractivity (Wildman–Crippen MR) is 77.3 cm³/mol. The molecule has 1 rings (SSSR count). The van der Waals surface area contributed by atoms with E-state index in [4.69, 9.17) is 0 Å². The zero-order valence-electron chi connectivity index (χ0n) is 11.8. The average molecular weight is 269 g/mol. The Balaban J connectivity index is 3.29. The number of rotatable bonds is 7. The summed E-state index contributed by atoms with van der Waals surface area (Å²) in [4.78, 5) is 4.34. The van der Waals surface area contributed by atoms with Gasteiger partial charge in [0.25, 0.3) is 7.44 Å². The van der Waals surface area contributed by atoms with E-state index in [9.17, 15) is 4.57 Å². The van der Waals surface area contributed by atoms with Crippen molar-refractivity contribution in [2.45, 2.75) is 27.7 Å². The van der Waals surface area contributed by atoms with Gasteiger partial charge in [-0.1, -0.05) is 33.8 Å². The molecule has 4 nitrogen and oxygen atoms in total. The molecule has 0 atom stereocenters. The maximum Gasteiger partial charge on any atom is 0.263 e. The molecule has 5 heteroatoms. The van der Waals surface area contributed by atoms with Crippen molar-refractivity contribution in [3.05, 3.63) is 24.4 Å². The summed E-state index contributed by atoms with van der Waals surface area (Å²) in [5.41, 5.74) is 0.692. The smallest absolute Gasteiger partial charge is 0.263 e. The molecule has 0 saturated carbocycles. The van der Waals surface area contributed by atoms with E-state index >= 15 is 0 Å². The third-order valence-electron chi connectivity index (χ3n) is 3.17. The van der Waals surface area contributed by atoms with Gasteiger partial charge in [-0.25, -0.2) is 9.34 Å². The van der Waals surface area contributed by atoms with Gasteiger partial charge in [-0.15, -0.1) is 0 Å². The van der Waals surface area contributed by atoms with Gasteiger partial charge in [0, 0.05) is 32.4 Å². The Hall–Kier alpha value is -0.700. The summed E-state index contributed by atoms with van der Waals surface area (Å²) in [7, 11) is -2.74. The van der Waals surface area contributed by atoms with E-state index in [0.29, 0.717) is 5.44 Å². The summed E-state index contributed by atoms with van der Waals surface area (Å²) in [6.07, 6.45) is 1.72. The molecule has 1 heterocycles. The average Bonchev–Trinajstić information content (AvgIpc) is 2.42. The molecule has 0 amide bonds. The molecular weight excluding hydrogens is 245 g/mol. The van der Waals surface area contributed by atoms with Crippen molar-refractivity contribution in [2.75, 3.05) is 26.2 Å². The lowest BCUT2D eigenvalue weighted by molar-refractivity contribution is 0.368. The molecule has 0 aliphatic carbocycles. The molecule has 0 N–H and O–H groups in total. The zero-order chi connectivity index (χ0) is 13.6. The van der Waals surface area contributed by atoms with E-state index in [1.165, 1.54) is 0 Å². The Morgan fingerprint density at radius 2 is 1.50 bits per heavy atom. The van der Waals surface area contributed by atoms with Crippen molar-refractivity contribution in [1.29, 1.82) is 0 Å². The molecule has 0 unspecified atom stereocenters. The van der Waals surface area contributed by atoms with Crippen LogP contribution < -0.4 is 5.44 Å². The first-order valence-corrected chi connectivity index (χ1v) is 8.28. The Morgan fingerprint density at radius 3 is 1.83 bits per heavy atom. The van der Waals surface area contributed by atoms with Crippen molar-refractivity contribution in [3.63, 3.8) is 0 Å². The number of hydrogen-bond acceptors (Lipinski definition) is 2. The molecule has 0 aromatic carbocycles. The molecule has 102 valence electrons. The molecule has 0 bridgehead atoms. The van der Waals surface area contributed by atoms with Crippen LogP contribution in [0.25, 0.3) is 0 Å². The monoisotopic (exact) mass is 269 g/mol. The highest BCUT2D eigenvalue weighted by Gasteiger charge is 2.37. The van der Waals surface area contributed by atoms with Crippen LogP contribution in [0.1, 0.15) is 27.7 Å². The van der Waals surface area contributed by atoms with Gasteiger partial charge in [0.2, 0.25) is 0 Å². The highest BCUT2D eigenvalue weighted by molar-refractivity contribution is 7.66. The van der Waals surface area contributed by atoms with Crippen LogP contribution in [0.5, 0.6) is 0 Å². The molecule has 1 aromatic heterocycles. The van der Waals surface area contributed by atoms with Gasteiger partial charge in [-0.2, -0.15) is 0 Å². The topological polar surface area (TPSA) is 36.4 Å². The van der Waals surface area contributed by atoms with E-state index in [1.807, 2.05) is 55.2 Å². The van der Waals surface area contributed by atoms with Crippen molar-refractivity contribution in [1.82, 2.24) is 14.3 Å². The van der Waals surface area contributed by atoms with Gasteiger partial charge in [-0.3, -0.25) is 9.55 Å².